The van der Waals surface area contributed by atoms with Crippen molar-refractivity contribution < 1.29 is 13.6 Å². The lowest BCUT2D eigenvalue weighted by Crippen LogP contribution is -2.45. The number of nitrogens with one attached hydrogen (secondary N) is 1. The van der Waals surface area contributed by atoms with Crippen LogP contribution in [0.2, 0.25) is 0 Å². The van der Waals surface area contributed by atoms with Crippen LogP contribution in [0.15, 0.2) is 56.5 Å². The average Bonchev–Trinajstić information content (AvgIpc) is 3.17. The molecule has 2 aromatic carbocycles. The van der Waals surface area contributed by atoms with Gasteiger partial charge in [-0.15, -0.1) is 0 Å². The van der Waals surface area contributed by atoms with Gasteiger partial charge < -0.3 is 9.73 Å². The monoisotopic (exact) mass is 495 g/mol. The van der Waals surface area contributed by atoms with E-state index in [0.717, 1.165) is 53.8 Å². The van der Waals surface area contributed by atoms with Gasteiger partial charge >= 0.3 is 4.87 Å². The first-order chi connectivity index (χ1) is 16.8. The number of fused-ring (bicyclic) bond motifs is 2. The molecule has 1 amide bonds. The third-order valence-corrected chi connectivity index (χ3v) is 7.76. The Hall–Kier alpha value is -3.30. The normalized spacial score (nSPS) is 16.1. The number of halogens is 1. The number of aromatic nitrogens is 1. The van der Waals surface area contributed by atoms with Crippen LogP contribution in [-0.4, -0.2) is 34.5 Å². The molecule has 1 fully saturated rings. The van der Waals surface area contributed by atoms with E-state index in [1.807, 2.05) is 13.0 Å². The SMILES string of the molecule is CCn1c(=O)sc2cc(C(C)N3CCC(NC(=O)c4cc(=O)c5ccc(F)cc5o4)CC3)ccc21. The van der Waals surface area contributed by atoms with Crippen LogP contribution < -0.4 is 15.6 Å². The molecule has 1 atom stereocenters. The van der Waals surface area contributed by atoms with Gasteiger partial charge in [-0.2, -0.15) is 0 Å². The quantitative estimate of drug-likeness (QED) is 0.447. The number of amides is 1. The minimum Gasteiger partial charge on any atom is -0.451 e. The molecule has 1 aliphatic heterocycles. The standard InChI is InChI=1S/C26H26FN3O4S/c1-3-30-20-7-4-16(12-24(20)35-26(30)33)15(2)29-10-8-18(9-11-29)28-25(32)23-14-21(31)19-6-5-17(27)13-22(19)34-23/h4-7,12-15,18H,3,8-11H2,1-2H3,(H,28,32). The van der Waals surface area contributed by atoms with Gasteiger partial charge in [0.05, 0.1) is 15.6 Å². The fourth-order valence-corrected chi connectivity index (χ4v) is 5.79. The molecule has 182 valence electrons. The van der Waals surface area contributed by atoms with E-state index in [1.54, 1.807) is 4.57 Å². The minimum absolute atomic E-state index is 0.0502. The first-order valence-corrected chi connectivity index (χ1v) is 12.6. The molecule has 35 heavy (non-hydrogen) atoms. The Labute approximate surface area is 204 Å². The number of thiazole rings is 1. The van der Waals surface area contributed by atoms with E-state index in [-0.39, 0.29) is 39.1 Å². The van der Waals surface area contributed by atoms with Crippen molar-refractivity contribution in [3.63, 3.8) is 0 Å². The van der Waals surface area contributed by atoms with Crippen molar-refractivity contribution in [2.75, 3.05) is 13.1 Å². The van der Waals surface area contributed by atoms with Crippen molar-refractivity contribution in [1.82, 2.24) is 14.8 Å². The minimum atomic E-state index is -0.532. The molecule has 0 bridgehead atoms. The Morgan fingerprint density at radius 1 is 1.17 bits per heavy atom. The van der Waals surface area contributed by atoms with Gasteiger partial charge in [-0.25, -0.2) is 4.39 Å². The number of nitrogens with zero attached hydrogens (tertiary/aromatic N) is 2. The van der Waals surface area contributed by atoms with Crippen LogP contribution in [0.5, 0.6) is 0 Å². The molecule has 1 unspecified atom stereocenters. The van der Waals surface area contributed by atoms with Crippen LogP contribution in [0.4, 0.5) is 4.39 Å². The van der Waals surface area contributed by atoms with Crippen LogP contribution in [0.25, 0.3) is 21.2 Å². The van der Waals surface area contributed by atoms with Gasteiger partial charge in [0.25, 0.3) is 5.91 Å². The van der Waals surface area contributed by atoms with Crippen LogP contribution in [0.1, 0.15) is 48.8 Å². The zero-order valence-electron chi connectivity index (χ0n) is 19.5. The van der Waals surface area contributed by atoms with Gasteiger partial charge in [-0.1, -0.05) is 17.4 Å². The second-order valence-electron chi connectivity index (χ2n) is 8.91. The average molecular weight is 496 g/mol. The molecule has 0 radical (unpaired) electrons. The first kappa shape index (κ1) is 23.4. The van der Waals surface area contributed by atoms with Gasteiger partial charge in [0, 0.05) is 43.9 Å². The predicted octanol–water partition coefficient (Wildman–Crippen LogP) is 4.28. The summed E-state index contributed by atoms with van der Waals surface area (Å²) in [6.07, 6.45) is 1.51. The van der Waals surface area contributed by atoms with E-state index in [0.29, 0.717) is 6.54 Å². The molecular weight excluding hydrogens is 469 g/mol. The van der Waals surface area contributed by atoms with Gasteiger partial charge in [0.1, 0.15) is 11.4 Å². The van der Waals surface area contributed by atoms with E-state index in [1.165, 1.54) is 23.5 Å². The van der Waals surface area contributed by atoms with E-state index in [4.69, 9.17) is 4.42 Å². The summed E-state index contributed by atoms with van der Waals surface area (Å²) in [6, 6.07) is 11.2. The van der Waals surface area contributed by atoms with E-state index in [9.17, 15) is 18.8 Å². The molecule has 1 N–H and O–H groups in total. The Morgan fingerprint density at radius 3 is 2.69 bits per heavy atom. The summed E-state index contributed by atoms with van der Waals surface area (Å²) in [5.74, 6) is -1.12. The van der Waals surface area contributed by atoms with Crippen LogP contribution in [0.3, 0.4) is 0 Å². The Balaban J connectivity index is 1.24. The summed E-state index contributed by atoms with van der Waals surface area (Å²) in [7, 11) is 0. The van der Waals surface area contributed by atoms with Gasteiger partial charge in [0.15, 0.2) is 11.2 Å². The fourth-order valence-electron chi connectivity index (χ4n) is 4.78. The van der Waals surface area contributed by atoms with Crippen molar-refractivity contribution in [3.05, 3.63) is 79.5 Å². The zero-order chi connectivity index (χ0) is 24.7. The number of carbonyl (C=O) groups excluding carboxylic acids is 1. The molecule has 1 saturated heterocycles. The van der Waals surface area contributed by atoms with E-state index in [2.05, 4.69) is 29.3 Å². The molecule has 3 heterocycles. The number of aryl methyl sites for hydroxylation is 1. The Morgan fingerprint density at radius 2 is 1.94 bits per heavy atom. The fraction of sp³-hybridized carbons (Fsp3) is 0.346. The maximum Gasteiger partial charge on any atom is 0.308 e. The third-order valence-electron chi connectivity index (χ3n) is 6.82. The zero-order valence-corrected chi connectivity index (χ0v) is 20.4. The first-order valence-electron chi connectivity index (χ1n) is 11.8. The Bertz CT molecular complexity index is 1530. The number of carbonyl (C=O) groups is 1. The van der Waals surface area contributed by atoms with Crippen molar-refractivity contribution >= 4 is 38.4 Å². The van der Waals surface area contributed by atoms with Crippen molar-refractivity contribution in [3.8, 4) is 0 Å². The van der Waals surface area contributed by atoms with Crippen molar-refractivity contribution in [1.29, 1.82) is 0 Å². The summed E-state index contributed by atoms with van der Waals surface area (Å²) in [5, 5.41) is 3.19. The lowest BCUT2D eigenvalue weighted by atomic mass is 10.00. The van der Waals surface area contributed by atoms with Gasteiger partial charge in [0.2, 0.25) is 0 Å². The van der Waals surface area contributed by atoms with Crippen molar-refractivity contribution in [2.24, 2.45) is 0 Å². The number of benzene rings is 2. The number of rotatable bonds is 5. The largest absolute Gasteiger partial charge is 0.451 e. The maximum absolute atomic E-state index is 13.5. The van der Waals surface area contributed by atoms with Gasteiger partial charge in [-0.3, -0.25) is 23.9 Å². The highest BCUT2D eigenvalue weighted by Crippen LogP contribution is 2.28. The van der Waals surface area contributed by atoms with Crippen LogP contribution in [-0.2, 0) is 6.54 Å². The lowest BCUT2D eigenvalue weighted by molar-refractivity contribution is 0.0869. The van der Waals surface area contributed by atoms with E-state index >= 15 is 0 Å². The second kappa shape index (κ2) is 9.39. The number of hydrogen-bond acceptors (Lipinski definition) is 6. The summed E-state index contributed by atoms with van der Waals surface area (Å²) in [5.41, 5.74) is 1.82. The maximum atomic E-state index is 13.5. The molecule has 0 spiro atoms. The highest BCUT2D eigenvalue weighted by molar-refractivity contribution is 7.16. The second-order valence-corrected chi connectivity index (χ2v) is 9.91. The number of hydrogen-bond donors (Lipinski definition) is 1. The van der Waals surface area contributed by atoms with Crippen LogP contribution in [0, 0.1) is 5.82 Å². The summed E-state index contributed by atoms with van der Waals surface area (Å²) in [4.78, 5) is 39.6. The predicted molar refractivity (Wildman–Crippen MR) is 135 cm³/mol. The number of piperidine rings is 1. The molecule has 0 saturated carbocycles. The summed E-state index contributed by atoms with van der Waals surface area (Å²) < 4.78 is 21.8. The van der Waals surface area contributed by atoms with E-state index < -0.39 is 11.7 Å². The molecule has 1 aliphatic rings. The van der Waals surface area contributed by atoms with Crippen LogP contribution >= 0.6 is 11.3 Å². The summed E-state index contributed by atoms with van der Waals surface area (Å²) in [6.45, 7) is 6.38. The highest BCUT2D eigenvalue weighted by atomic mass is 32.1. The van der Waals surface area contributed by atoms with Crippen molar-refractivity contribution in [2.45, 2.75) is 45.3 Å². The third kappa shape index (κ3) is 4.53. The smallest absolute Gasteiger partial charge is 0.308 e. The molecule has 4 aromatic rings. The number of likely N-dealkylation sites (tertiary alicyclic amines) is 1. The Kier molecular flexibility index (Phi) is 6.29. The summed E-state index contributed by atoms with van der Waals surface area (Å²) >= 11 is 1.28. The molecule has 2 aromatic heterocycles. The molecule has 7 nitrogen and oxygen atoms in total. The van der Waals surface area contributed by atoms with Gasteiger partial charge in [-0.05, 0) is 56.5 Å². The molecule has 5 rings (SSSR count). The molecule has 9 heteroatoms. The molecular formula is C26H26FN3O4S. The highest BCUT2D eigenvalue weighted by Gasteiger charge is 2.26. The molecule has 0 aliphatic carbocycles. The lowest BCUT2D eigenvalue weighted by Gasteiger charge is -2.36. The topological polar surface area (TPSA) is 84.5 Å².